The molecule has 0 aliphatic carbocycles. The predicted octanol–water partition coefficient (Wildman–Crippen LogP) is 1.08. The van der Waals surface area contributed by atoms with Crippen molar-refractivity contribution in [1.82, 2.24) is 0 Å². The van der Waals surface area contributed by atoms with E-state index in [9.17, 15) is 19.7 Å². The van der Waals surface area contributed by atoms with Crippen molar-refractivity contribution in [2.45, 2.75) is 35.6 Å². The molecule has 0 fully saturated rings. The van der Waals surface area contributed by atoms with Crippen molar-refractivity contribution in [1.29, 1.82) is 0 Å². The summed E-state index contributed by atoms with van der Waals surface area (Å²) in [6, 6.07) is 4.40. The molecule has 1 aromatic carbocycles. The third kappa shape index (κ3) is 5.82. The van der Waals surface area contributed by atoms with E-state index in [2.05, 4.69) is 15.9 Å². The minimum atomic E-state index is -1.07. The number of aliphatic hydroxyl groups excluding tert-OH is 3. The Hall–Kier alpha value is -0.220. The third-order valence-corrected chi connectivity index (χ3v) is 4.44. The highest BCUT2D eigenvalue weighted by Gasteiger charge is 2.27. The largest absolute Gasteiger partial charge is 0.394 e. The van der Waals surface area contributed by atoms with Gasteiger partial charge in [0.25, 0.3) is 0 Å². The van der Waals surface area contributed by atoms with Crippen molar-refractivity contribution >= 4 is 27.7 Å². The maximum atomic E-state index is 13.8. The first kappa shape index (κ1) is 18.8. The number of ether oxygens (including phenoxy) is 1. The molecule has 0 radical (unpaired) electrons. The van der Waals surface area contributed by atoms with Gasteiger partial charge < -0.3 is 25.8 Å². The molecule has 2 unspecified atom stereocenters. The van der Waals surface area contributed by atoms with E-state index in [0.717, 1.165) is 11.8 Å². The van der Waals surface area contributed by atoms with E-state index in [4.69, 9.17) is 10.5 Å². The van der Waals surface area contributed by atoms with Gasteiger partial charge in [0.2, 0.25) is 0 Å². The summed E-state index contributed by atoms with van der Waals surface area (Å²) in [5.41, 5.74) is 4.50. The molecular formula is C13H19BrFNO4S. The minimum absolute atomic E-state index is 0.0920. The zero-order chi connectivity index (χ0) is 16.0. The number of rotatable bonds is 8. The standard InChI is InChI=1S/C13H19BrFNO4S/c1-7(18)11(6-17)20-13(10(19)5-16)21-12-4-8(14)2-3-9(12)15/h2-4,7,10-11,13,17-19H,5-6,16H2,1H3/t7-,10+,11?,13?/m1/s1. The topological polar surface area (TPSA) is 95.9 Å². The highest BCUT2D eigenvalue weighted by Crippen LogP contribution is 2.31. The van der Waals surface area contributed by atoms with Crippen LogP contribution in [0.1, 0.15) is 6.92 Å². The molecule has 120 valence electrons. The third-order valence-electron chi connectivity index (χ3n) is 2.72. The SMILES string of the molecule is C[C@@H](O)C(CO)OC(Sc1cc(Br)ccc1F)[C@@H](O)CN. The molecule has 0 bridgehead atoms. The van der Waals surface area contributed by atoms with Crippen molar-refractivity contribution < 1.29 is 24.4 Å². The molecule has 0 saturated carbocycles. The average molecular weight is 384 g/mol. The fourth-order valence-corrected chi connectivity index (χ4v) is 3.09. The summed E-state index contributed by atoms with van der Waals surface area (Å²) in [5, 5.41) is 28.6. The zero-order valence-electron chi connectivity index (χ0n) is 11.4. The molecule has 0 aliphatic rings. The van der Waals surface area contributed by atoms with Crippen molar-refractivity contribution in [3.8, 4) is 0 Å². The maximum absolute atomic E-state index is 13.8. The van der Waals surface area contributed by atoms with Gasteiger partial charge in [-0.05, 0) is 25.1 Å². The molecule has 21 heavy (non-hydrogen) atoms. The van der Waals surface area contributed by atoms with E-state index in [1.807, 2.05) is 0 Å². The van der Waals surface area contributed by atoms with Gasteiger partial charge in [-0.25, -0.2) is 4.39 Å². The molecule has 0 aromatic heterocycles. The van der Waals surface area contributed by atoms with Crippen molar-refractivity contribution in [2.24, 2.45) is 5.73 Å². The quantitative estimate of drug-likeness (QED) is 0.396. The first-order valence-corrected chi connectivity index (χ1v) is 8.00. The summed E-state index contributed by atoms with van der Waals surface area (Å²) in [6.45, 7) is 0.940. The molecule has 4 atom stereocenters. The van der Waals surface area contributed by atoms with Crippen LogP contribution in [-0.2, 0) is 4.74 Å². The second-order valence-corrected chi connectivity index (χ2v) is 6.52. The number of aliphatic hydroxyl groups is 3. The van der Waals surface area contributed by atoms with E-state index in [1.165, 1.54) is 13.0 Å². The minimum Gasteiger partial charge on any atom is -0.394 e. The summed E-state index contributed by atoms with van der Waals surface area (Å²) < 4.78 is 19.9. The van der Waals surface area contributed by atoms with Gasteiger partial charge in [0.1, 0.15) is 23.5 Å². The second kappa shape index (κ2) is 9.04. The van der Waals surface area contributed by atoms with Crippen LogP contribution < -0.4 is 5.73 Å². The maximum Gasteiger partial charge on any atom is 0.136 e. The summed E-state index contributed by atoms with van der Waals surface area (Å²) in [7, 11) is 0. The van der Waals surface area contributed by atoms with E-state index in [0.29, 0.717) is 4.47 Å². The van der Waals surface area contributed by atoms with Crippen LogP contribution >= 0.6 is 27.7 Å². The molecule has 0 aliphatic heterocycles. The van der Waals surface area contributed by atoms with Crippen LogP contribution in [0.25, 0.3) is 0 Å². The number of hydrogen-bond donors (Lipinski definition) is 4. The Labute approximate surface area is 135 Å². The van der Waals surface area contributed by atoms with Gasteiger partial charge in [-0.3, -0.25) is 0 Å². The Morgan fingerprint density at radius 1 is 1.43 bits per heavy atom. The molecule has 1 rings (SSSR count). The van der Waals surface area contributed by atoms with E-state index in [1.54, 1.807) is 12.1 Å². The lowest BCUT2D eigenvalue weighted by Gasteiger charge is -2.28. The van der Waals surface area contributed by atoms with Gasteiger partial charge in [-0.1, -0.05) is 27.7 Å². The number of halogens is 2. The van der Waals surface area contributed by atoms with Gasteiger partial charge in [0, 0.05) is 15.9 Å². The Kier molecular flexibility index (Phi) is 8.10. The van der Waals surface area contributed by atoms with Crippen molar-refractivity contribution in [3.63, 3.8) is 0 Å². The molecule has 0 saturated heterocycles. The lowest BCUT2D eigenvalue weighted by Crippen LogP contribution is -2.40. The Bertz CT molecular complexity index is 452. The molecule has 0 heterocycles. The zero-order valence-corrected chi connectivity index (χ0v) is 13.8. The van der Waals surface area contributed by atoms with Crippen LogP contribution in [0.5, 0.6) is 0 Å². The van der Waals surface area contributed by atoms with Crippen molar-refractivity contribution in [2.75, 3.05) is 13.2 Å². The Morgan fingerprint density at radius 3 is 2.62 bits per heavy atom. The number of nitrogens with two attached hydrogens (primary N) is 1. The highest BCUT2D eigenvalue weighted by molar-refractivity contribution is 9.10. The smallest absolute Gasteiger partial charge is 0.136 e. The second-order valence-electron chi connectivity index (χ2n) is 4.46. The van der Waals surface area contributed by atoms with Gasteiger partial charge in [0.05, 0.1) is 12.7 Å². The van der Waals surface area contributed by atoms with Crippen molar-refractivity contribution in [3.05, 3.63) is 28.5 Å². The van der Waals surface area contributed by atoms with Gasteiger partial charge in [0.15, 0.2) is 0 Å². The van der Waals surface area contributed by atoms with Crippen LogP contribution in [0.3, 0.4) is 0 Å². The molecular weight excluding hydrogens is 365 g/mol. The summed E-state index contributed by atoms with van der Waals surface area (Å²) >= 11 is 4.18. The monoisotopic (exact) mass is 383 g/mol. The molecule has 0 spiro atoms. The summed E-state index contributed by atoms with van der Waals surface area (Å²) in [6.07, 6.45) is -2.89. The molecule has 5 N–H and O–H groups in total. The summed E-state index contributed by atoms with van der Waals surface area (Å²) in [4.78, 5) is 0.268. The molecule has 0 amide bonds. The fraction of sp³-hybridized carbons (Fsp3) is 0.538. The van der Waals surface area contributed by atoms with Gasteiger partial charge >= 0.3 is 0 Å². The first-order chi connectivity index (χ1) is 9.88. The fourth-order valence-electron chi connectivity index (χ4n) is 1.48. The molecule has 8 heteroatoms. The number of benzene rings is 1. The van der Waals surface area contributed by atoms with E-state index < -0.39 is 36.2 Å². The normalized spacial score (nSPS) is 17.3. The van der Waals surface area contributed by atoms with Crippen LogP contribution in [-0.4, -0.2) is 52.2 Å². The number of thioether (sulfide) groups is 1. The first-order valence-electron chi connectivity index (χ1n) is 6.33. The van der Waals surface area contributed by atoms with E-state index >= 15 is 0 Å². The average Bonchev–Trinajstić information content (AvgIpc) is 2.45. The van der Waals surface area contributed by atoms with Crippen LogP contribution in [0.2, 0.25) is 0 Å². The Balaban J connectivity index is 2.90. The predicted molar refractivity (Wildman–Crippen MR) is 82.4 cm³/mol. The van der Waals surface area contributed by atoms with E-state index in [-0.39, 0.29) is 11.4 Å². The lowest BCUT2D eigenvalue weighted by atomic mass is 10.2. The van der Waals surface area contributed by atoms with Crippen LogP contribution in [0, 0.1) is 5.82 Å². The molecule has 1 aromatic rings. The molecule has 5 nitrogen and oxygen atoms in total. The van der Waals surface area contributed by atoms with Gasteiger partial charge in [-0.2, -0.15) is 0 Å². The number of hydrogen-bond acceptors (Lipinski definition) is 6. The van der Waals surface area contributed by atoms with Gasteiger partial charge in [-0.15, -0.1) is 0 Å². The summed E-state index contributed by atoms with van der Waals surface area (Å²) in [5.74, 6) is -0.460. The highest BCUT2D eigenvalue weighted by atomic mass is 79.9. The lowest BCUT2D eigenvalue weighted by molar-refractivity contribution is -0.0926. The Morgan fingerprint density at radius 2 is 2.10 bits per heavy atom. The van der Waals surface area contributed by atoms with Crippen LogP contribution in [0.4, 0.5) is 4.39 Å². The van der Waals surface area contributed by atoms with Crippen LogP contribution in [0.15, 0.2) is 27.6 Å².